The van der Waals surface area contributed by atoms with Gasteiger partial charge in [-0.2, -0.15) is 0 Å². The van der Waals surface area contributed by atoms with E-state index in [1.807, 2.05) is 24.8 Å². The molecule has 0 saturated heterocycles. The van der Waals surface area contributed by atoms with Gasteiger partial charge in [-0.3, -0.25) is 9.97 Å². The molecule has 4 aromatic carbocycles. The summed E-state index contributed by atoms with van der Waals surface area (Å²) in [7, 11) is 0. The summed E-state index contributed by atoms with van der Waals surface area (Å²) in [5, 5.41) is 4.97. The lowest BCUT2D eigenvalue weighted by Gasteiger charge is -2.07. The largest absolute Gasteiger partial charge is 0.309 e. The summed E-state index contributed by atoms with van der Waals surface area (Å²) in [5.41, 5.74) is 9.34. The van der Waals surface area contributed by atoms with Crippen LogP contribution >= 0.6 is 0 Å². The molecule has 40 heavy (non-hydrogen) atoms. The fraction of sp³-hybridized carbons (Fsp3) is 0. The summed E-state index contributed by atoms with van der Waals surface area (Å²) in [6.07, 6.45) is 11.8. The third-order valence-electron chi connectivity index (χ3n) is 7.70. The highest BCUT2D eigenvalue weighted by atomic mass is 15.0. The van der Waals surface area contributed by atoms with Crippen LogP contribution in [-0.2, 0) is 0 Å². The smallest absolute Gasteiger partial charge is 0.0541 e. The summed E-state index contributed by atoms with van der Waals surface area (Å²) >= 11 is 0. The number of rotatable bonds is 4. The van der Waals surface area contributed by atoms with E-state index in [4.69, 9.17) is 0 Å². The van der Waals surface area contributed by atoms with Crippen molar-refractivity contribution in [2.24, 2.45) is 0 Å². The third kappa shape index (κ3) is 3.54. The van der Waals surface area contributed by atoms with Crippen molar-refractivity contribution in [3.63, 3.8) is 0 Å². The topological polar surface area (TPSA) is 35.6 Å². The number of pyridine rings is 2. The highest BCUT2D eigenvalue weighted by molar-refractivity contribution is 6.11. The Morgan fingerprint density at radius 3 is 1.25 bits per heavy atom. The van der Waals surface area contributed by atoms with E-state index in [9.17, 15) is 0 Å². The predicted octanol–water partition coefficient (Wildman–Crippen LogP) is 8.84. The van der Waals surface area contributed by atoms with Gasteiger partial charge >= 0.3 is 0 Å². The second-order valence-electron chi connectivity index (χ2n) is 10.0. The van der Waals surface area contributed by atoms with E-state index < -0.39 is 0 Å². The second-order valence-corrected chi connectivity index (χ2v) is 10.0. The van der Waals surface area contributed by atoms with Crippen LogP contribution in [0, 0.1) is 0 Å². The summed E-state index contributed by atoms with van der Waals surface area (Å²) in [4.78, 5) is 8.42. The zero-order chi connectivity index (χ0) is 26.5. The van der Waals surface area contributed by atoms with Crippen LogP contribution in [0.3, 0.4) is 0 Å². The zero-order valence-corrected chi connectivity index (χ0v) is 21.6. The monoisotopic (exact) mass is 512 g/mol. The maximum atomic E-state index is 4.21. The molecule has 8 rings (SSSR count). The Labute approximate surface area is 231 Å². The van der Waals surface area contributed by atoms with E-state index >= 15 is 0 Å². The number of hydrogen-bond acceptors (Lipinski definition) is 2. The van der Waals surface area contributed by atoms with E-state index in [1.54, 1.807) is 0 Å². The molecule has 188 valence electrons. The number of nitrogens with zero attached hydrogens (tertiary/aromatic N) is 4. The summed E-state index contributed by atoms with van der Waals surface area (Å²) in [6, 6.07) is 38.8. The summed E-state index contributed by atoms with van der Waals surface area (Å²) < 4.78 is 4.62. The van der Waals surface area contributed by atoms with Gasteiger partial charge in [-0.25, -0.2) is 0 Å². The Morgan fingerprint density at radius 1 is 0.400 bits per heavy atom. The van der Waals surface area contributed by atoms with Gasteiger partial charge in [0.05, 0.1) is 22.1 Å². The highest BCUT2D eigenvalue weighted by Gasteiger charge is 2.13. The van der Waals surface area contributed by atoms with Crippen molar-refractivity contribution in [3.05, 3.63) is 145 Å². The molecule has 0 aliphatic heterocycles. The van der Waals surface area contributed by atoms with Crippen LogP contribution in [0.4, 0.5) is 0 Å². The first-order valence-electron chi connectivity index (χ1n) is 13.4. The predicted molar refractivity (Wildman–Crippen MR) is 166 cm³/mol. The average molecular weight is 513 g/mol. The van der Waals surface area contributed by atoms with Gasteiger partial charge in [0.2, 0.25) is 0 Å². The quantitative estimate of drug-likeness (QED) is 0.221. The molecule has 0 fully saturated rings. The Bertz CT molecular complexity index is 2040. The number of para-hydroxylation sites is 2. The maximum absolute atomic E-state index is 4.21. The van der Waals surface area contributed by atoms with Crippen molar-refractivity contribution in [2.45, 2.75) is 0 Å². The number of aromatic nitrogens is 4. The van der Waals surface area contributed by atoms with Crippen LogP contribution in [0.25, 0.3) is 67.1 Å². The summed E-state index contributed by atoms with van der Waals surface area (Å²) in [5.74, 6) is 0. The van der Waals surface area contributed by atoms with Crippen molar-refractivity contribution < 1.29 is 0 Å². The molecule has 0 unspecified atom stereocenters. The van der Waals surface area contributed by atoms with Crippen molar-refractivity contribution in [2.75, 3.05) is 0 Å². The molecule has 8 aromatic rings. The molecular formula is C36H24N4. The van der Waals surface area contributed by atoms with E-state index in [0.29, 0.717) is 0 Å². The molecule has 4 heterocycles. The average Bonchev–Trinajstić information content (AvgIpc) is 3.53. The van der Waals surface area contributed by atoms with Crippen molar-refractivity contribution in [1.82, 2.24) is 19.1 Å². The molecule has 0 aliphatic rings. The molecule has 4 aromatic heterocycles. The first kappa shape index (κ1) is 22.5. The van der Waals surface area contributed by atoms with E-state index in [0.717, 1.165) is 11.4 Å². The summed E-state index contributed by atoms with van der Waals surface area (Å²) in [6.45, 7) is 0. The van der Waals surface area contributed by atoms with Crippen LogP contribution in [0.15, 0.2) is 134 Å². The molecule has 0 saturated carbocycles. The standard InChI is InChI=1S/C36H24N4/c1-3-7-33-29(5-1)31-23-25(11-13-35(31)39(33)27-15-19-37-20-16-27)9-10-26-12-14-36-32(24-26)30-6-2-4-8-34(30)40(36)28-17-21-38-22-18-28/h1-24H/b10-9+. The third-order valence-corrected chi connectivity index (χ3v) is 7.70. The lowest BCUT2D eigenvalue weighted by Crippen LogP contribution is -1.93. The van der Waals surface area contributed by atoms with Gasteiger partial charge in [0.15, 0.2) is 0 Å². The first-order valence-corrected chi connectivity index (χ1v) is 13.4. The number of hydrogen-bond donors (Lipinski definition) is 0. The fourth-order valence-electron chi connectivity index (χ4n) is 5.92. The van der Waals surface area contributed by atoms with Crippen molar-refractivity contribution in [3.8, 4) is 11.4 Å². The number of fused-ring (bicyclic) bond motifs is 6. The minimum absolute atomic E-state index is 1.11. The Morgan fingerprint density at radius 2 is 0.800 bits per heavy atom. The maximum Gasteiger partial charge on any atom is 0.0541 e. The molecule has 0 bridgehead atoms. The Hall–Kier alpha value is -5.48. The van der Waals surface area contributed by atoms with Crippen LogP contribution in [-0.4, -0.2) is 19.1 Å². The van der Waals surface area contributed by atoms with E-state index in [2.05, 4.69) is 140 Å². The van der Waals surface area contributed by atoms with Crippen LogP contribution in [0.2, 0.25) is 0 Å². The van der Waals surface area contributed by atoms with Gasteiger partial charge in [-0.1, -0.05) is 60.7 Å². The van der Waals surface area contributed by atoms with Gasteiger partial charge in [0, 0.05) is 57.7 Å². The van der Waals surface area contributed by atoms with Gasteiger partial charge in [-0.15, -0.1) is 0 Å². The Kier molecular flexibility index (Phi) is 5.10. The molecule has 0 atom stereocenters. The zero-order valence-electron chi connectivity index (χ0n) is 21.6. The molecular weight excluding hydrogens is 488 g/mol. The van der Waals surface area contributed by atoms with Gasteiger partial charge in [0.25, 0.3) is 0 Å². The molecule has 0 radical (unpaired) electrons. The molecule has 0 N–H and O–H groups in total. The van der Waals surface area contributed by atoms with E-state index in [-0.39, 0.29) is 0 Å². The van der Waals surface area contributed by atoms with Crippen LogP contribution < -0.4 is 0 Å². The first-order chi connectivity index (χ1) is 19.8. The molecule has 0 amide bonds. The van der Waals surface area contributed by atoms with Gasteiger partial charge in [-0.05, 0) is 71.8 Å². The lowest BCUT2D eigenvalue weighted by molar-refractivity contribution is 1.15. The molecule has 0 aliphatic carbocycles. The minimum atomic E-state index is 1.11. The van der Waals surface area contributed by atoms with Gasteiger partial charge < -0.3 is 9.13 Å². The van der Waals surface area contributed by atoms with Crippen LogP contribution in [0.5, 0.6) is 0 Å². The van der Waals surface area contributed by atoms with Gasteiger partial charge in [0.1, 0.15) is 0 Å². The molecule has 0 spiro atoms. The van der Waals surface area contributed by atoms with E-state index in [1.165, 1.54) is 54.7 Å². The highest BCUT2D eigenvalue weighted by Crippen LogP contribution is 2.34. The van der Waals surface area contributed by atoms with Crippen molar-refractivity contribution >= 4 is 55.8 Å². The number of benzene rings is 4. The van der Waals surface area contributed by atoms with Crippen molar-refractivity contribution in [1.29, 1.82) is 0 Å². The Balaban J connectivity index is 1.23. The van der Waals surface area contributed by atoms with Crippen LogP contribution in [0.1, 0.15) is 11.1 Å². The fourth-order valence-corrected chi connectivity index (χ4v) is 5.92. The lowest BCUT2D eigenvalue weighted by atomic mass is 10.1. The second kappa shape index (κ2) is 9.07. The SMILES string of the molecule is C(=C\c1ccc2c(c1)c1ccccc1n2-c1ccncc1)/c1ccc2c(c1)c1ccccc1n2-c1ccncc1. The molecule has 4 heteroatoms. The molecule has 4 nitrogen and oxygen atoms in total. The minimum Gasteiger partial charge on any atom is -0.309 e. The normalized spacial score (nSPS) is 11.9.